The topological polar surface area (TPSA) is 231 Å². The highest BCUT2D eigenvalue weighted by atomic mass is 31.2. The van der Waals surface area contributed by atoms with Gasteiger partial charge in [-0.3, -0.25) is 32.5 Å². The van der Waals surface area contributed by atoms with Gasteiger partial charge in [0.2, 0.25) is 0 Å². The van der Waals surface area contributed by atoms with Gasteiger partial charge in [0.25, 0.3) is 0 Å². The zero-order valence-electron chi connectivity index (χ0n) is 54.9. The fraction of sp³-hybridized carbons (Fsp3) is 0.812. The average Bonchev–Trinajstić information content (AvgIpc) is 3.68. The van der Waals surface area contributed by atoms with Gasteiger partial charge >= 0.3 is 33.6 Å². The summed E-state index contributed by atoms with van der Waals surface area (Å²) in [6, 6.07) is 0. The number of unbranched alkanes of at least 4 members (excludes halogenated alkanes) is 33. The number of aliphatic hydroxyl groups excluding tert-OH is 2. The lowest BCUT2D eigenvalue weighted by atomic mass is 10.0. The number of carbonyl (C=O) groups excluding carboxylic acids is 3. The Balaban J connectivity index is 4.61. The van der Waals surface area contributed by atoms with Crippen molar-refractivity contribution < 1.29 is 75.8 Å². The number of phosphoric ester groups is 2. The van der Waals surface area contributed by atoms with Gasteiger partial charge in [0.15, 0.2) is 6.10 Å². The van der Waals surface area contributed by atoms with Crippen LogP contribution in [-0.4, -0.2) is 95.9 Å². The second kappa shape index (κ2) is 63.4. The van der Waals surface area contributed by atoms with Crippen molar-refractivity contribution in [3.8, 4) is 0 Å². The highest BCUT2D eigenvalue weighted by Crippen LogP contribution is 2.45. The second-order valence-corrected chi connectivity index (χ2v) is 26.2. The number of carbonyl (C=O) groups is 3. The van der Waals surface area contributed by atoms with E-state index in [0.29, 0.717) is 19.3 Å². The molecule has 0 fully saturated rings. The standard InChI is InChI=1S/C69H126O16P2/c1-4-7-10-13-16-19-22-25-28-29-30-31-32-33-36-38-40-43-46-49-52-55-67(72)79-58-64(70)59-81-86(75,76)82-60-65(71)61-83-87(77,78)84-63-66(85-69(74)57-54-51-48-45-42-39-35-27-24-21-18-15-12-9-6-3)62-80-68(73)56-53-50-47-44-41-37-34-26-23-20-17-14-11-8-5-2/h7,10,16,19,25,28,30-31,33,36,64-66,70-71H,4-6,8-9,11-15,17-18,20-24,26-27,29,32,34-35,37-63H2,1-3H3,(H,75,76)(H,77,78)/b10-7-,19-16-,28-25-,31-30-,36-33-. The lowest BCUT2D eigenvalue weighted by Gasteiger charge is -2.21. The molecular weight excluding hydrogens is 1150 g/mol. The third-order valence-corrected chi connectivity index (χ3v) is 16.7. The van der Waals surface area contributed by atoms with E-state index in [1.165, 1.54) is 135 Å². The highest BCUT2D eigenvalue weighted by molar-refractivity contribution is 7.47. The van der Waals surface area contributed by atoms with Crippen LogP contribution in [0, 0.1) is 0 Å². The molecule has 0 aromatic heterocycles. The lowest BCUT2D eigenvalue weighted by molar-refractivity contribution is -0.161. The van der Waals surface area contributed by atoms with Crippen LogP contribution in [0.1, 0.15) is 303 Å². The number of ether oxygens (including phenoxy) is 3. The Morgan fingerprint density at radius 1 is 0.333 bits per heavy atom. The van der Waals surface area contributed by atoms with E-state index in [1.54, 1.807) is 0 Å². The summed E-state index contributed by atoms with van der Waals surface area (Å²) in [5, 5.41) is 20.5. The van der Waals surface area contributed by atoms with Gasteiger partial charge in [-0.15, -0.1) is 0 Å². The van der Waals surface area contributed by atoms with E-state index in [4.69, 9.17) is 32.3 Å². The molecule has 0 aliphatic rings. The summed E-state index contributed by atoms with van der Waals surface area (Å²) in [6.07, 6.45) is 64.1. The van der Waals surface area contributed by atoms with Crippen molar-refractivity contribution in [2.45, 2.75) is 322 Å². The van der Waals surface area contributed by atoms with Crippen molar-refractivity contribution in [3.63, 3.8) is 0 Å². The van der Waals surface area contributed by atoms with E-state index in [1.807, 2.05) is 0 Å². The fourth-order valence-electron chi connectivity index (χ4n) is 9.48. The Labute approximate surface area is 529 Å². The molecule has 18 heteroatoms. The maximum Gasteiger partial charge on any atom is 0.472 e. The molecule has 0 saturated heterocycles. The van der Waals surface area contributed by atoms with Crippen LogP contribution in [0.5, 0.6) is 0 Å². The Kier molecular flexibility index (Phi) is 61.4. The van der Waals surface area contributed by atoms with E-state index >= 15 is 0 Å². The maximum absolute atomic E-state index is 12.9. The summed E-state index contributed by atoms with van der Waals surface area (Å²) >= 11 is 0. The molecule has 87 heavy (non-hydrogen) atoms. The SMILES string of the molecule is CC/C=C\C/C=C\C/C=C\C/C=C\C/C=C\CCCCCCCC(=O)OCC(O)COP(=O)(O)OCC(O)COP(=O)(O)OCC(COC(=O)CCCCCCCCCCCCCCCCC)OC(=O)CCCCCCCCCCCCCCCCC. The van der Waals surface area contributed by atoms with E-state index < -0.39 is 91.5 Å². The van der Waals surface area contributed by atoms with E-state index in [-0.39, 0.29) is 19.3 Å². The first-order valence-electron chi connectivity index (χ1n) is 34.6. The minimum Gasteiger partial charge on any atom is -0.463 e. The summed E-state index contributed by atoms with van der Waals surface area (Å²) in [4.78, 5) is 58.4. The zero-order chi connectivity index (χ0) is 63.8. The van der Waals surface area contributed by atoms with E-state index in [0.717, 1.165) is 109 Å². The van der Waals surface area contributed by atoms with Crippen LogP contribution in [0.4, 0.5) is 0 Å². The van der Waals surface area contributed by atoms with Crippen LogP contribution < -0.4 is 0 Å². The largest absolute Gasteiger partial charge is 0.472 e. The van der Waals surface area contributed by atoms with Crippen LogP contribution in [-0.2, 0) is 55.8 Å². The first-order valence-corrected chi connectivity index (χ1v) is 37.6. The Morgan fingerprint density at radius 3 is 0.966 bits per heavy atom. The number of hydrogen-bond donors (Lipinski definition) is 4. The number of phosphoric acid groups is 2. The fourth-order valence-corrected chi connectivity index (χ4v) is 11.1. The zero-order valence-corrected chi connectivity index (χ0v) is 56.7. The van der Waals surface area contributed by atoms with Gasteiger partial charge in [0.05, 0.1) is 26.4 Å². The van der Waals surface area contributed by atoms with Crippen LogP contribution in [0.3, 0.4) is 0 Å². The van der Waals surface area contributed by atoms with E-state index in [2.05, 4.69) is 81.5 Å². The molecule has 16 nitrogen and oxygen atoms in total. The summed E-state index contributed by atoms with van der Waals surface area (Å²) in [5.74, 6) is -1.57. The lowest BCUT2D eigenvalue weighted by Crippen LogP contribution is -2.30. The summed E-state index contributed by atoms with van der Waals surface area (Å²) in [5.41, 5.74) is 0. The summed E-state index contributed by atoms with van der Waals surface area (Å²) in [7, 11) is -9.76. The molecule has 0 saturated carbocycles. The molecule has 0 aliphatic heterocycles. The maximum atomic E-state index is 12.9. The normalized spacial score (nSPS) is 14.6. The monoisotopic (exact) mass is 1270 g/mol. The minimum atomic E-state index is -4.92. The first kappa shape index (κ1) is 84.2. The molecule has 0 spiro atoms. The van der Waals surface area contributed by atoms with Crippen molar-refractivity contribution in [1.29, 1.82) is 0 Å². The molecule has 0 rings (SSSR count). The Bertz CT molecular complexity index is 1840. The third-order valence-electron chi connectivity index (χ3n) is 14.8. The molecule has 508 valence electrons. The number of esters is 3. The summed E-state index contributed by atoms with van der Waals surface area (Å²) < 4.78 is 60.9. The molecule has 5 atom stereocenters. The smallest absolute Gasteiger partial charge is 0.463 e. The Morgan fingerprint density at radius 2 is 0.609 bits per heavy atom. The van der Waals surface area contributed by atoms with Crippen molar-refractivity contribution in [1.82, 2.24) is 0 Å². The molecule has 0 aromatic rings. The van der Waals surface area contributed by atoms with Crippen molar-refractivity contribution in [3.05, 3.63) is 60.8 Å². The van der Waals surface area contributed by atoms with Crippen LogP contribution in [0.25, 0.3) is 0 Å². The molecule has 0 aromatic carbocycles. The first-order chi connectivity index (χ1) is 42.2. The third kappa shape index (κ3) is 64.6. The van der Waals surface area contributed by atoms with Gasteiger partial charge in [-0.1, -0.05) is 281 Å². The molecule has 5 unspecified atom stereocenters. The molecular formula is C69H126O16P2. The molecule has 4 N–H and O–H groups in total. The number of aliphatic hydroxyl groups is 2. The van der Waals surface area contributed by atoms with Gasteiger partial charge in [-0.25, -0.2) is 9.13 Å². The van der Waals surface area contributed by atoms with E-state index in [9.17, 15) is 43.5 Å². The summed E-state index contributed by atoms with van der Waals surface area (Å²) in [6.45, 7) is 2.58. The minimum absolute atomic E-state index is 0.112. The predicted molar refractivity (Wildman–Crippen MR) is 353 cm³/mol. The highest BCUT2D eigenvalue weighted by Gasteiger charge is 2.29. The van der Waals surface area contributed by atoms with Gasteiger partial charge < -0.3 is 34.2 Å². The number of allylic oxidation sites excluding steroid dienone is 10. The molecule has 0 heterocycles. The van der Waals surface area contributed by atoms with Crippen LogP contribution in [0.2, 0.25) is 0 Å². The van der Waals surface area contributed by atoms with Gasteiger partial charge in [-0.2, -0.15) is 0 Å². The average molecular weight is 1270 g/mol. The number of hydrogen-bond acceptors (Lipinski definition) is 14. The van der Waals surface area contributed by atoms with Gasteiger partial charge in [-0.05, 0) is 64.2 Å². The van der Waals surface area contributed by atoms with Crippen LogP contribution in [0.15, 0.2) is 60.8 Å². The molecule has 0 amide bonds. The van der Waals surface area contributed by atoms with Crippen molar-refractivity contribution in [2.24, 2.45) is 0 Å². The Hall–Kier alpha value is -2.75. The van der Waals surface area contributed by atoms with Gasteiger partial charge in [0.1, 0.15) is 25.4 Å². The van der Waals surface area contributed by atoms with Gasteiger partial charge in [0, 0.05) is 19.3 Å². The second-order valence-electron chi connectivity index (χ2n) is 23.3. The molecule has 0 bridgehead atoms. The number of rotatable bonds is 66. The molecule has 0 radical (unpaired) electrons. The van der Waals surface area contributed by atoms with Crippen LogP contribution >= 0.6 is 15.6 Å². The quantitative estimate of drug-likeness (QED) is 0.0146. The van der Waals surface area contributed by atoms with Crippen molar-refractivity contribution >= 4 is 33.6 Å². The molecule has 0 aliphatic carbocycles. The predicted octanol–water partition coefficient (Wildman–Crippen LogP) is 19.0. The van der Waals surface area contributed by atoms with Crippen molar-refractivity contribution in [2.75, 3.05) is 39.6 Å².